The predicted molar refractivity (Wildman–Crippen MR) is 40.9 cm³/mol. The Kier molecular flexibility index (Phi) is 1.69. The molecule has 0 aromatic carbocycles. The van der Waals surface area contributed by atoms with Gasteiger partial charge >= 0.3 is 0 Å². The van der Waals surface area contributed by atoms with Crippen LogP contribution < -0.4 is 0 Å². The smallest absolute Gasteiger partial charge is 0.0838 e. The van der Waals surface area contributed by atoms with Crippen LogP contribution in [-0.2, 0) is 4.74 Å². The van der Waals surface area contributed by atoms with Gasteiger partial charge in [0.1, 0.15) is 0 Å². The second-order valence-electron chi connectivity index (χ2n) is 3.90. The Labute approximate surface area is 62.8 Å². The summed E-state index contributed by atoms with van der Waals surface area (Å²) in [5, 5.41) is 0. The van der Waals surface area contributed by atoms with Crippen molar-refractivity contribution in [1.29, 1.82) is 0 Å². The number of hydrogen-bond acceptors (Lipinski definition) is 1. The van der Waals surface area contributed by atoms with Crippen LogP contribution in [0, 0.1) is 11.8 Å². The minimum Gasteiger partial charge on any atom is -0.373 e. The van der Waals surface area contributed by atoms with Gasteiger partial charge in [0.25, 0.3) is 0 Å². The van der Waals surface area contributed by atoms with Crippen LogP contribution in [0.5, 0.6) is 0 Å². The lowest BCUT2D eigenvalue weighted by Crippen LogP contribution is -2.17. The summed E-state index contributed by atoms with van der Waals surface area (Å²) in [5.41, 5.74) is 0. The van der Waals surface area contributed by atoms with Gasteiger partial charge in [0.15, 0.2) is 0 Å². The average Bonchev–Trinajstić information content (AvgIpc) is 2.68. The second-order valence-corrected chi connectivity index (χ2v) is 3.90. The summed E-state index contributed by atoms with van der Waals surface area (Å²) in [4.78, 5) is 0. The van der Waals surface area contributed by atoms with E-state index in [9.17, 15) is 0 Å². The summed E-state index contributed by atoms with van der Waals surface area (Å²) in [6, 6.07) is 0. The van der Waals surface area contributed by atoms with E-state index in [0.717, 1.165) is 18.4 Å². The van der Waals surface area contributed by atoms with E-state index < -0.39 is 0 Å². The molecule has 1 saturated heterocycles. The van der Waals surface area contributed by atoms with Crippen molar-refractivity contribution in [2.75, 3.05) is 6.61 Å². The molecule has 2 unspecified atom stereocenters. The molecule has 0 amide bonds. The molecular weight excluding hydrogens is 124 g/mol. The van der Waals surface area contributed by atoms with Gasteiger partial charge in [-0.1, -0.05) is 19.8 Å². The number of ether oxygens (including phenoxy) is 1. The number of rotatable bonds is 1. The number of epoxide rings is 1. The van der Waals surface area contributed by atoms with Crippen molar-refractivity contribution < 1.29 is 4.74 Å². The minimum absolute atomic E-state index is 0.669. The Morgan fingerprint density at radius 3 is 2.70 bits per heavy atom. The van der Waals surface area contributed by atoms with E-state index in [1.807, 2.05) is 0 Å². The van der Waals surface area contributed by atoms with Crippen molar-refractivity contribution in [3.05, 3.63) is 0 Å². The lowest BCUT2D eigenvalue weighted by molar-refractivity contribution is 0.225. The molecule has 2 rings (SSSR count). The van der Waals surface area contributed by atoms with Crippen molar-refractivity contribution in [2.45, 2.75) is 38.7 Å². The van der Waals surface area contributed by atoms with Gasteiger partial charge < -0.3 is 4.74 Å². The lowest BCUT2D eigenvalue weighted by atomic mass is 9.81. The van der Waals surface area contributed by atoms with E-state index >= 15 is 0 Å². The molecule has 0 bridgehead atoms. The first kappa shape index (κ1) is 6.66. The molecule has 1 aliphatic carbocycles. The molecule has 3 atom stereocenters. The highest BCUT2D eigenvalue weighted by atomic mass is 16.6. The summed E-state index contributed by atoms with van der Waals surface area (Å²) < 4.78 is 5.30. The maximum atomic E-state index is 5.30. The topological polar surface area (TPSA) is 12.5 Å². The van der Waals surface area contributed by atoms with Crippen LogP contribution in [0.4, 0.5) is 0 Å². The lowest BCUT2D eigenvalue weighted by Gasteiger charge is -2.24. The zero-order chi connectivity index (χ0) is 6.97. The Balaban J connectivity index is 1.84. The summed E-state index contributed by atoms with van der Waals surface area (Å²) in [6.07, 6.45) is 6.40. The third kappa shape index (κ3) is 1.34. The highest BCUT2D eigenvalue weighted by molar-refractivity contribution is 4.83. The fourth-order valence-electron chi connectivity index (χ4n) is 2.15. The molecule has 1 heteroatoms. The summed E-state index contributed by atoms with van der Waals surface area (Å²) in [7, 11) is 0. The highest BCUT2D eigenvalue weighted by Crippen LogP contribution is 2.35. The quantitative estimate of drug-likeness (QED) is 0.509. The molecule has 1 saturated carbocycles. The monoisotopic (exact) mass is 140 g/mol. The van der Waals surface area contributed by atoms with E-state index in [4.69, 9.17) is 4.74 Å². The molecule has 2 fully saturated rings. The first-order valence-corrected chi connectivity index (χ1v) is 4.48. The maximum absolute atomic E-state index is 5.30. The largest absolute Gasteiger partial charge is 0.373 e. The van der Waals surface area contributed by atoms with Crippen LogP contribution in [0.15, 0.2) is 0 Å². The summed E-state index contributed by atoms with van der Waals surface area (Å²) in [6.45, 7) is 3.42. The fraction of sp³-hybridized carbons (Fsp3) is 1.00. The SMILES string of the molecule is CC1CCC[C@H](C2CO2)C1. The summed E-state index contributed by atoms with van der Waals surface area (Å²) >= 11 is 0. The zero-order valence-corrected chi connectivity index (χ0v) is 6.68. The van der Waals surface area contributed by atoms with E-state index in [1.165, 1.54) is 25.7 Å². The van der Waals surface area contributed by atoms with Crippen LogP contribution in [0.25, 0.3) is 0 Å². The number of hydrogen-bond donors (Lipinski definition) is 0. The second kappa shape index (κ2) is 2.54. The molecule has 1 nitrogen and oxygen atoms in total. The van der Waals surface area contributed by atoms with Gasteiger partial charge in [-0.25, -0.2) is 0 Å². The molecule has 0 aromatic heterocycles. The van der Waals surface area contributed by atoms with E-state index in [0.29, 0.717) is 6.10 Å². The van der Waals surface area contributed by atoms with Crippen LogP contribution in [0.3, 0.4) is 0 Å². The van der Waals surface area contributed by atoms with Crippen molar-refractivity contribution in [3.63, 3.8) is 0 Å². The maximum Gasteiger partial charge on any atom is 0.0838 e. The van der Waals surface area contributed by atoms with Gasteiger partial charge in [0, 0.05) is 0 Å². The molecule has 0 radical (unpaired) electrons. The highest BCUT2D eigenvalue weighted by Gasteiger charge is 2.34. The average molecular weight is 140 g/mol. The molecule has 0 spiro atoms. The molecule has 0 aromatic rings. The van der Waals surface area contributed by atoms with Gasteiger partial charge in [0.05, 0.1) is 12.7 Å². The molecular formula is C9H16O. The molecule has 1 aliphatic heterocycles. The first-order chi connectivity index (χ1) is 4.86. The minimum atomic E-state index is 0.669. The van der Waals surface area contributed by atoms with Crippen molar-refractivity contribution >= 4 is 0 Å². The molecule has 1 heterocycles. The Morgan fingerprint density at radius 2 is 2.10 bits per heavy atom. The zero-order valence-electron chi connectivity index (χ0n) is 6.68. The van der Waals surface area contributed by atoms with Crippen molar-refractivity contribution in [3.8, 4) is 0 Å². The van der Waals surface area contributed by atoms with E-state index in [1.54, 1.807) is 0 Å². The third-order valence-corrected chi connectivity index (χ3v) is 2.86. The van der Waals surface area contributed by atoms with Crippen LogP contribution in [-0.4, -0.2) is 12.7 Å². The van der Waals surface area contributed by atoms with E-state index in [-0.39, 0.29) is 0 Å². The van der Waals surface area contributed by atoms with Crippen LogP contribution >= 0.6 is 0 Å². The summed E-state index contributed by atoms with van der Waals surface area (Å²) in [5.74, 6) is 1.88. The predicted octanol–water partition coefficient (Wildman–Crippen LogP) is 2.21. The van der Waals surface area contributed by atoms with Gasteiger partial charge in [-0.15, -0.1) is 0 Å². The fourth-order valence-corrected chi connectivity index (χ4v) is 2.15. The van der Waals surface area contributed by atoms with E-state index in [2.05, 4.69) is 6.92 Å². The Morgan fingerprint density at radius 1 is 1.30 bits per heavy atom. The van der Waals surface area contributed by atoms with Gasteiger partial charge in [-0.05, 0) is 24.7 Å². The van der Waals surface area contributed by atoms with Crippen molar-refractivity contribution in [1.82, 2.24) is 0 Å². The molecule has 0 N–H and O–H groups in total. The van der Waals surface area contributed by atoms with Gasteiger partial charge in [0.2, 0.25) is 0 Å². The first-order valence-electron chi connectivity index (χ1n) is 4.48. The van der Waals surface area contributed by atoms with Crippen molar-refractivity contribution in [2.24, 2.45) is 11.8 Å². The third-order valence-electron chi connectivity index (χ3n) is 2.86. The van der Waals surface area contributed by atoms with Crippen LogP contribution in [0.2, 0.25) is 0 Å². The normalized spacial score (nSPS) is 47.1. The molecule has 2 aliphatic rings. The van der Waals surface area contributed by atoms with Gasteiger partial charge in [-0.2, -0.15) is 0 Å². The van der Waals surface area contributed by atoms with Crippen LogP contribution in [0.1, 0.15) is 32.6 Å². The van der Waals surface area contributed by atoms with Gasteiger partial charge in [-0.3, -0.25) is 0 Å². The Hall–Kier alpha value is -0.0400. The standard InChI is InChI=1S/C9H16O/c1-7-3-2-4-8(5-7)9-6-10-9/h7-9H,2-6H2,1H3/t7?,8-,9?/m0/s1. The Bertz CT molecular complexity index is 118. The molecule has 10 heavy (non-hydrogen) atoms. The molecule has 58 valence electrons.